The Labute approximate surface area is 355 Å². The maximum Gasteiger partial charge on any atom is 0.164 e. The predicted octanol–water partition coefficient (Wildman–Crippen LogP) is 14.2. The van der Waals surface area contributed by atoms with Crippen LogP contribution in [0, 0.1) is 0 Å². The molecule has 2 aliphatic carbocycles. The monoisotopic (exact) mass is 775 g/mol. The topological polar surface area (TPSA) is 38.7 Å². The van der Waals surface area contributed by atoms with Crippen molar-refractivity contribution in [3.05, 3.63) is 247 Å². The normalized spacial score (nSPS) is 12.7. The first-order chi connectivity index (χ1) is 30.3. The van der Waals surface area contributed by atoms with Crippen LogP contribution in [0.3, 0.4) is 0 Å². The molecule has 12 rings (SSSR count). The van der Waals surface area contributed by atoms with Gasteiger partial charge in [-0.15, -0.1) is 0 Å². The minimum absolute atomic E-state index is 0.501. The summed E-state index contributed by atoms with van der Waals surface area (Å²) >= 11 is 0. The van der Waals surface area contributed by atoms with E-state index in [-0.39, 0.29) is 0 Å². The number of hydrogen-bond acceptors (Lipinski definition) is 3. The van der Waals surface area contributed by atoms with Gasteiger partial charge in [0.15, 0.2) is 17.5 Å². The number of aromatic nitrogens is 3. The summed E-state index contributed by atoms with van der Waals surface area (Å²) in [5.74, 6) is 1.88. The van der Waals surface area contributed by atoms with Gasteiger partial charge in [-0.1, -0.05) is 224 Å². The van der Waals surface area contributed by atoms with E-state index < -0.39 is 5.41 Å². The van der Waals surface area contributed by atoms with Gasteiger partial charge < -0.3 is 0 Å². The van der Waals surface area contributed by atoms with Crippen LogP contribution >= 0.6 is 0 Å². The fraction of sp³-hybridized carbons (Fsp3) is 0.0172. The van der Waals surface area contributed by atoms with Gasteiger partial charge in [-0.3, -0.25) is 0 Å². The van der Waals surface area contributed by atoms with Crippen molar-refractivity contribution in [2.45, 2.75) is 5.41 Å². The quantitative estimate of drug-likeness (QED) is 0.169. The van der Waals surface area contributed by atoms with Gasteiger partial charge in [-0.25, -0.2) is 15.0 Å². The molecule has 1 aromatic heterocycles. The van der Waals surface area contributed by atoms with Crippen molar-refractivity contribution in [3.8, 4) is 89.8 Å². The van der Waals surface area contributed by atoms with Gasteiger partial charge in [-0.2, -0.15) is 0 Å². The molecule has 0 N–H and O–H groups in total. The summed E-state index contributed by atoms with van der Waals surface area (Å²) in [6.45, 7) is 0. The molecular formula is C58H37N3. The highest BCUT2D eigenvalue weighted by Crippen LogP contribution is 2.64. The van der Waals surface area contributed by atoms with Crippen LogP contribution in [-0.2, 0) is 5.41 Å². The highest BCUT2D eigenvalue weighted by atomic mass is 15.0. The molecular weight excluding hydrogens is 739 g/mol. The summed E-state index contributed by atoms with van der Waals surface area (Å²) in [4.78, 5) is 15.8. The van der Waals surface area contributed by atoms with Crippen LogP contribution in [0.2, 0.25) is 0 Å². The van der Waals surface area contributed by atoms with E-state index in [2.05, 4.69) is 212 Å². The maximum absolute atomic E-state index is 5.32. The molecule has 61 heavy (non-hydrogen) atoms. The van der Waals surface area contributed by atoms with E-state index in [1.54, 1.807) is 0 Å². The van der Waals surface area contributed by atoms with Crippen LogP contribution in [0.25, 0.3) is 89.8 Å². The average molecular weight is 776 g/mol. The fourth-order valence-electron chi connectivity index (χ4n) is 9.93. The summed E-state index contributed by atoms with van der Waals surface area (Å²) < 4.78 is 0. The van der Waals surface area contributed by atoms with E-state index in [0.717, 1.165) is 33.4 Å². The summed E-state index contributed by atoms with van der Waals surface area (Å²) in [6.07, 6.45) is 0. The van der Waals surface area contributed by atoms with Crippen LogP contribution in [0.1, 0.15) is 22.3 Å². The third kappa shape index (κ3) is 5.48. The molecule has 0 saturated carbocycles. The van der Waals surface area contributed by atoms with Crippen LogP contribution in [-0.4, -0.2) is 15.0 Å². The van der Waals surface area contributed by atoms with Gasteiger partial charge in [0.25, 0.3) is 0 Å². The number of nitrogens with zero attached hydrogens (tertiary/aromatic N) is 3. The summed E-state index contributed by atoms with van der Waals surface area (Å²) in [5.41, 5.74) is 19.5. The Balaban J connectivity index is 1.07. The van der Waals surface area contributed by atoms with Crippen LogP contribution in [0.15, 0.2) is 224 Å². The third-order valence-corrected chi connectivity index (χ3v) is 12.6. The van der Waals surface area contributed by atoms with Crippen LogP contribution in [0.5, 0.6) is 0 Å². The lowest BCUT2D eigenvalue weighted by atomic mass is 9.68. The van der Waals surface area contributed by atoms with E-state index in [1.807, 2.05) is 12.1 Å². The van der Waals surface area contributed by atoms with E-state index in [1.165, 1.54) is 61.2 Å². The number of fused-ring (bicyclic) bond motifs is 10. The van der Waals surface area contributed by atoms with Gasteiger partial charge in [0.05, 0.1) is 5.41 Å². The first-order valence-corrected chi connectivity index (χ1v) is 20.9. The van der Waals surface area contributed by atoms with Crippen molar-refractivity contribution >= 4 is 0 Å². The Kier molecular flexibility index (Phi) is 8.07. The van der Waals surface area contributed by atoms with Gasteiger partial charge in [0.2, 0.25) is 0 Å². The number of hydrogen-bond donors (Lipinski definition) is 0. The summed E-state index contributed by atoms with van der Waals surface area (Å²) in [7, 11) is 0. The molecule has 3 heteroatoms. The van der Waals surface area contributed by atoms with Crippen molar-refractivity contribution in [1.82, 2.24) is 15.0 Å². The van der Waals surface area contributed by atoms with E-state index in [9.17, 15) is 0 Å². The SMILES string of the molecule is c1ccc(-c2ccc(-c3nc(-c4ccc(-c5ccccc5)cc4)nc(-c4ccccc4-c4cccc5c4C4(c6ccccc6-c6ccccc64)c4ccccc4-5)n3)cc2)cc1. The average Bonchev–Trinajstić information content (AvgIpc) is 3.82. The first kappa shape index (κ1) is 35.0. The van der Waals surface area contributed by atoms with Gasteiger partial charge >= 0.3 is 0 Å². The minimum Gasteiger partial charge on any atom is -0.208 e. The van der Waals surface area contributed by atoms with Crippen molar-refractivity contribution in [1.29, 1.82) is 0 Å². The maximum atomic E-state index is 5.32. The van der Waals surface area contributed by atoms with Crippen molar-refractivity contribution in [3.63, 3.8) is 0 Å². The molecule has 10 aromatic rings. The lowest BCUT2D eigenvalue weighted by Gasteiger charge is -2.32. The molecule has 1 heterocycles. The Hall–Kier alpha value is -8.01. The van der Waals surface area contributed by atoms with Crippen LogP contribution < -0.4 is 0 Å². The largest absolute Gasteiger partial charge is 0.208 e. The minimum atomic E-state index is -0.501. The molecule has 3 nitrogen and oxygen atoms in total. The van der Waals surface area contributed by atoms with Gasteiger partial charge in [0, 0.05) is 16.7 Å². The molecule has 1 spiro atoms. The van der Waals surface area contributed by atoms with E-state index in [4.69, 9.17) is 15.0 Å². The number of benzene rings is 9. The van der Waals surface area contributed by atoms with Crippen LogP contribution in [0.4, 0.5) is 0 Å². The molecule has 284 valence electrons. The molecule has 2 aliphatic rings. The fourth-order valence-corrected chi connectivity index (χ4v) is 9.93. The number of rotatable bonds is 6. The zero-order chi connectivity index (χ0) is 40.3. The van der Waals surface area contributed by atoms with E-state index in [0.29, 0.717) is 17.5 Å². The summed E-state index contributed by atoms with van der Waals surface area (Å²) in [6, 6.07) is 80.4. The smallest absolute Gasteiger partial charge is 0.164 e. The Bertz CT molecular complexity index is 3110. The van der Waals surface area contributed by atoms with Gasteiger partial charge in [0.1, 0.15) is 0 Å². The zero-order valence-electron chi connectivity index (χ0n) is 33.2. The molecule has 0 atom stereocenters. The highest BCUT2D eigenvalue weighted by molar-refractivity contribution is 6.00. The Morgan fingerprint density at radius 2 is 0.525 bits per heavy atom. The van der Waals surface area contributed by atoms with Gasteiger partial charge in [-0.05, 0) is 77.9 Å². The molecule has 0 saturated heterocycles. The predicted molar refractivity (Wildman–Crippen MR) is 249 cm³/mol. The van der Waals surface area contributed by atoms with Crippen molar-refractivity contribution in [2.75, 3.05) is 0 Å². The Morgan fingerprint density at radius 1 is 0.213 bits per heavy atom. The van der Waals surface area contributed by atoms with Crippen molar-refractivity contribution in [2.24, 2.45) is 0 Å². The molecule has 0 fully saturated rings. The highest BCUT2D eigenvalue weighted by Gasteiger charge is 2.52. The lowest BCUT2D eigenvalue weighted by molar-refractivity contribution is 0.796. The molecule has 0 amide bonds. The van der Waals surface area contributed by atoms with E-state index >= 15 is 0 Å². The third-order valence-electron chi connectivity index (χ3n) is 12.6. The second-order valence-electron chi connectivity index (χ2n) is 15.9. The lowest BCUT2D eigenvalue weighted by Crippen LogP contribution is -2.26. The molecule has 9 aromatic carbocycles. The zero-order valence-corrected chi connectivity index (χ0v) is 33.2. The van der Waals surface area contributed by atoms with Crippen molar-refractivity contribution < 1.29 is 0 Å². The molecule has 0 aliphatic heterocycles. The first-order valence-electron chi connectivity index (χ1n) is 20.9. The summed E-state index contributed by atoms with van der Waals surface area (Å²) in [5, 5.41) is 0. The second-order valence-corrected chi connectivity index (χ2v) is 15.9. The second kappa shape index (κ2) is 14.1. The Morgan fingerprint density at radius 3 is 1.00 bits per heavy atom. The molecule has 0 radical (unpaired) electrons. The molecule has 0 bridgehead atoms. The molecule has 0 unspecified atom stereocenters. The standard InChI is InChI=1S/C58H37N3/c1-3-16-38(17-4-1)40-30-34-42(35-31-40)55-59-56(43-36-32-41(33-37-43)39-18-5-2-6-19-39)61-57(60-55)50-24-8-7-20-44(50)48-25-15-26-49-47-23-11-14-29-53(47)58(54(48)49)51-27-12-9-21-45(51)46-22-10-13-28-52(46)58/h1-37H.